The second-order valence-corrected chi connectivity index (χ2v) is 5.99. The van der Waals surface area contributed by atoms with Gasteiger partial charge < -0.3 is 15.8 Å². The first-order chi connectivity index (χ1) is 9.99. The van der Waals surface area contributed by atoms with E-state index in [1.165, 1.54) is 0 Å². The van der Waals surface area contributed by atoms with Crippen molar-refractivity contribution in [3.63, 3.8) is 0 Å². The molecule has 3 N–H and O–H groups in total. The van der Waals surface area contributed by atoms with Crippen LogP contribution in [0.1, 0.15) is 55.5 Å². The third-order valence-electron chi connectivity index (χ3n) is 4.57. The van der Waals surface area contributed by atoms with Crippen LogP contribution in [-0.2, 0) is 4.74 Å². The molecule has 1 atom stereocenters. The van der Waals surface area contributed by atoms with E-state index in [0.29, 0.717) is 17.9 Å². The Hall–Kier alpha value is -1.55. The Morgan fingerprint density at radius 2 is 2.14 bits per heavy atom. The van der Waals surface area contributed by atoms with Crippen LogP contribution < -0.4 is 11.1 Å². The molecule has 21 heavy (non-hydrogen) atoms. The van der Waals surface area contributed by atoms with Crippen molar-refractivity contribution in [2.45, 2.75) is 58.1 Å². The van der Waals surface area contributed by atoms with Gasteiger partial charge in [0.15, 0.2) is 0 Å². The topological polar surface area (TPSA) is 64.4 Å². The number of nitrogens with two attached hydrogens (primary N) is 1. The second-order valence-electron chi connectivity index (χ2n) is 5.99. The summed E-state index contributed by atoms with van der Waals surface area (Å²) in [6.45, 7) is 6.96. The zero-order valence-electron chi connectivity index (χ0n) is 13.2. The number of nitrogen functional groups attached to an aromatic ring is 1. The van der Waals surface area contributed by atoms with Gasteiger partial charge in [-0.05, 0) is 44.7 Å². The monoisotopic (exact) mass is 290 g/mol. The van der Waals surface area contributed by atoms with Gasteiger partial charge in [-0.3, -0.25) is 4.79 Å². The summed E-state index contributed by atoms with van der Waals surface area (Å²) in [7, 11) is 0. The molecular weight excluding hydrogens is 264 g/mol. The van der Waals surface area contributed by atoms with Crippen molar-refractivity contribution in [1.82, 2.24) is 5.32 Å². The van der Waals surface area contributed by atoms with Crippen LogP contribution in [-0.4, -0.2) is 24.2 Å². The average molecular weight is 290 g/mol. The van der Waals surface area contributed by atoms with Gasteiger partial charge in [-0.15, -0.1) is 0 Å². The maximum atomic E-state index is 12.4. The highest BCUT2D eigenvalue weighted by molar-refractivity contribution is 5.99. The summed E-state index contributed by atoms with van der Waals surface area (Å²) in [5, 5.41) is 3.13. The van der Waals surface area contributed by atoms with E-state index < -0.39 is 0 Å². The highest BCUT2D eigenvalue weighted by Gasteiger charge is 2.35. The Bertz CT molecular complexity index is 510. The first kappa shape index (κ1) is 15.8. The minimum absolute atomic E-state index is 0.0794. The zero-order chi connectivity index (χ0) is 15.5. The minimum atomic E-state index is -0.0889. The van der Waals surface area contributed by atoms with E-state index in [1.807, 2.05) is 19.1 Å². The molecule has 1 amide bonds. The third kappa shape index (κ3) is 3.56. The first-order valence-electron chi connectivity index (χ1n) is 7.80. The number of rotatable bonds is 4. The zero-order valence-corrected chi connectivity index (χ0v) is 13.2. The normalized spacial score (nSPS) is 21.0. The molecule has 0 aliphatic carbocycles. The summed E-state index contributed by atoms with van der Waals surface area (Å²) in [4.78, 5) is 12.4. The highest BCUT2D eigenvalue weighted by atomic mass is 16.5. The van der Waals surface area contributed by atoms with Crippen LogP contribution in [0, 0.1) is 6.92 Å². The minimum Gasteiger partial charge on any atom is -0.398 e. The third-order valence-corrected chi connectivity index (χ3v) is 4.57. The van der Waals surface area contributed by atoms with Crippen molar-refractivity contribution in [2.75, 3.05) is 12.3 Å². The van der Waals surface area contributed by atoms with Crippen molar-refractivity contribution in [1.29, 1.82) is 0 Å². The molecular formula is C17H26N2O2. The van der Waals surface area contributed by atoms with E-state index >= 15 is 0 Å². The van der Waals surface area contributed by atoms with Crippen molar-refractivity contribution in [3.8, 4) is 0 Å². The van der Waals surface area contributed by atoms with Crippen LogP contribution in [0.15, 0.2) is 18.2 Å². The number of hydrogen-bond acceptors (Lipinski definition) is 3. The van der Waals surface area contributed by atoms with Crippen molar-refractivity contribution >= 4 is 11.6 Å². The molecule has 1 aromatic carbocycles. The van der Waals surface area contributed by atoms with E-state index in [0.717, 1.165) is 31.2 Å². The molecule has 1 aromatic rings. The molecule has 1 heterocycles. The Kier molecular flexibility index (Phi) is 4.88. The van der Waals surface area contributed by atoms with Gasteiger partial charge >= 0.3 is 0 Å². The lowest BCUT2D eigenvalue weighted by atomic mass is 9.86. The second kappa shape index (κ2) is 6.48. The van der Waals surface area contributed by atoms with E-state index in [2.05, 4.69) is 19.2 Å². The van der Waals surface area contributed by atoms with Crippen molar-refractivity contribution < 1.29 is 9.53 Å². The van der Waals surface area contributed by atoms with Gasteiger partial charge in [0.25, 0.3) is 5.91 Å². The molecule has 2 rings (SSSR count). The maximum Gasteiger partial charge on any atom is 0.253 e. The smallest absolute Gasteiger partial charge is 0.253 e. The largest absolute Gasteiger partial charge is 0.398 e. The lowest BCUT2D eigenvalue weighted by Crippen LogP contribution is -2.48. The number of ether oxygens (including phenoxy) is 1. The van der Waals surface area contributed by atoms with Gasteiger partial charge in [0.1, 0.15) is 0 Å². The molecule has 0 bridgehead atoms. The maximum absolute atomic E-state index is 12.4. The molecule has 1 saturated heterocycles. The lowest BCUT2D eigenvalue weighted by molar-refractivity contribution is -0.0917. The van der Waals surface area contributed by atoms with Gasteiger partial charge in [-0.2, -0.15) is 0 Å². The predicted molar refractivity (Wildman–Crippen MR) is 85.3 cm³/mol. The standard InChI is InChI=1S/C17H26N2O2/c1-4-17(5-2)11-13(8-9-21-17)19-16(20)14-10-12(3)6-7-15(14)18/h6-7,10,13H,4-5,8-9,11,18H2,1-3H3,(H,19,20). The molecule has 0 saturated carbocycles. The van der Waals surface area contributed by atoms with Gasteiger partial charge in [0.05, 0.1) is 11.2 Å². The molecule has 1 unspecified atom stereocenters. The summed E-state index contributed by atoms with van der Waals surface area (Å²) in [6, 6.07) is 5.71. The number of nitrogens with one attached hydrogen (secondary N) is 1. The van der Waals surface area contributed by atoms with Gasteiger partial charge in [-0.1, -0.05) is 25.5 Å². The molecule has 0 aromatic heterocycles. The summed E-state index contributed by atoms with van der Waals surface area (Å²) >= 11 is 0. The van der Waals surface area contributed by atoms with E-state index in [-0.39, 0.29) is 17.6 Å². The molecule has 0 spiro atoms. The van der Waals surface area contributed by atoms with Crippen LogP contribution in [0.5, 0.6) is 0 Å². The Labute approximate surface area is 127 Å². The van der Waals surface area contributed by atoms with Gasteiger partial charge in [0, 0.05) is 18.3 Å². The molecule has 1 aliphatic rings. The summed E-state index contributed by atoms with van der Waals surface area (Å²) < 4.78 is 5.95. The Morgan fingerprint density at radius 3 is 2.81 bits per heavy atom. The number of carbonyl (C=O) groups excluding carboxylic acids is 1. The fourth-order valence-corrected chi connectivity index (χ4v) is 3.02. The number of benzene rings is 1. The quantitative estimate of drug-likeness (QED) is 0.838. The predicted octanol–water partition coefficient (Wildman–Crippen LogP) is 3.04. The number of hydrogen-bond donors (Lipinski definition) is 2. The van der Waals surface area contributed by atoms with Gasteiger partial charge in [-0.25, -0.2) is 0 Å². The summed E-state index contributed by atoms with van der Waals surface area (Å²) in [5.41, 5.74) is 7.97. The summed E-state index contributed by atoms with van der Waals surface area (Å²) in [5.74, 6) is -0.0794. The molecule has 4 heteroatoms. The SMILES string of the molecule is CCC1(CC)CC(NC(=O)c2cc(C)ccc2N)CCO1. The number of amides is 1. The molecule has 0 radical (unpaired) electrons. The summed E-state index contributed by atoms with van der Waals surface area (Å²) in [6.07, 6.45) is 3.68. The molecule has 4 nitrogen and oxygen atoms in total. The number of carbonyl (C=O) groups is 1. The fraction of sp³-hybridized carbons (Fsp3) is 0.588. The number of anilines is 1. The van der Waals surface area contributed by atoms with Gasteiger partial charge in [0.2, 0.25) is 0 Å². The van der Waals surface area contributed by atoms with E-state index in [1.54, 1.807) is 6.07 Å². The Morgan fingerprint density at radius 1 is 1.43 bits per heavy atom. The van der Waals surface area contributed by atoms with Crippen LogP contribution in [0.25, 0.3) is 0 Å². The van der Waals surface area contributed by atoms with Crippen LogP contribution in [0.4, 0.5) is 5.69 Å². The van der Waals surface area contributed by atoms with E-state index in [4.69, 9.17) is 10.5 Å². The molecule has 1 aliphatic heterocycles. The highest BCUT2D eigenvalue weighted by Crippen LogP contribution is 2.31. The van der Waals surface area contributed by atoms with Crippen molar-refractivity contribution in [2.24, 2.45) is 0 Å². The average Bonchev–Trinajstić information content (AvgIpc) is 2.49. The Balaban J connectivity index is 2.07. The molecule has 1 fully saturated rings. The van der Waals surface area contributed by atoms with Crippen LogP contribution in [0.2, 0.25) is 0 Å². The lowest BCUT2D eigenvalue weighted by Gasteiger charge is -2.40. The molecule has 116 valence electrons. The number of aryl methyl sites for hydroxylation is 1. The fourth-order valence-electron chi connectivity index (χ4n) is 3.02. The first-order valence-corrected chi connectivity index (χ1v) is 7.80. The van der Waals surface area contributed by atoms with Crippen LogP contribution >= 0.6 is 0 Å². The van der Waals surface area contributed by atoms with Crippen LogP contribution in [0.3, 0.4) is 0 Å². The van der Waals surface area contributed by atoms with E-state index in [9.17, 15) is 4.79 Å². The van der Waals surface area contributed by atoms with Crippen molar-refractivity contribution in [3.05, 3.63) is 29.3 Å².